The first-order valence-electron chi connectivity index (χ1n) is 11.7. The fourth-order valence-corrected chi connectivity index (χ4v) is 5.60. The highest BCUT2D eigenvalue weighted by molar-refractivity contribution is 7.99. The number of hydrogen-bond donors (Lipinski definition) is 0. The fourth-order valence-electron chi connectivity index (χ4n) is 3.96. The van der Waals surface area contributed by atoms with Gasteiger partial charge in [0.2, 0.25) is 10.9 Å². The molecule has 5 aromatic rings. The van der Waals surface area contributed by atoms with Crippen molar-refractivity contribution in [3.8, 4) is 34.6 Å². The molecule has 2 aromatic heterocycles. The third-order valence-electron chi connectivity index (χ3n) is 5.86. The Labute approximate surface area is 233 Å². The number of tetrazole rings is 1. The molecule has 0 atom stereocenters. The molecular weight excluding hydrogens is 534 g/mol. The van der Waals surface area contributed by atoms with E-state index in [2.05, 4.69) is 51.9 Å². The van der Waals surface area contributed by atoms with Gasteiger partial charge in [-0.15, -0.1) is 5.10 Å². The monoisotopic (exact) mass is 557 g/mol. The lowest BCUT2D eigenvalue weighted by Crippen LogP contribution is -2.02. The third kappa shape index (κ3) is 5.45. The van der Waals surface area contributed by atoms with Gasteiger partial charge in [-0.25, -0.2) is 14.6 Å². The maximum absolute atomic E-state index is 10.2. The highest BCUT2D eigenvalue weighted by Gasteiger charge is 2.22. The van der Waals surface area contributed by atoms with Crippen molar-refractivity contribution in [3.05, 3.63) is 65.7 Å². The third-order valence-corrected chi connectivity index (χ3v) is 7.79. The molecule has 12 heteroatoms. The van der Waals surface area contributed by atoms with Crippen LogP contribution in [0.15, 0.2) is 69.9 Å². The molecule has 0 aliphatic carbocycles. The average Bonchev–Trinajstić information content (AvgIpc) is 3.38. The van der Waals surface area contributed by atoms with Crippen LogP contribution >= 0.6 is 23.5 Å². The second kappa shape index (κ2) is 11.6. The zero-order valence-corrected chi connectivity index (χ0v) is 23.2. The van der Waals surface area contributed by atoms with Crippen LogP contribution in [-0.2, 0) is 12.8 Å². The quantitative estimate of drug-likeness (QED) is 0.136. The Hall–Kier alpha value is -4.34. The minimum atomic E-state index is 0.285. The van der Waals surface area contributed by atoms with E-state index in [1.807, 2.05) is 12.1 Å². The number of hydrogen-bond acceptors (Lipinski definition) is 11. The van der Waals surface area contributed by atoms with E-state index in [0.29, 0.717) is 49.6 Å². The largest absolute Gasteiger partial charge is 0.493 e. The van der Waals surface area contributed by atoms with E-state index in [0.717, 1.165) is 5.56 Å². The standard InChI is InChI=1S/C27H23N7O3S2/c1-34-27(31-32-33-34)39-25-20(14-28)23(19-12-21(35-2)24(37-4)22(13-19)36-3)29-26(30-25)38-15-16-9-10-17-7-5-6-8-18(17)11-16/h5-13H,15H2,1-4H3. The molecule has 3 aromatic carbocycles. The van der Waals surface area contributed by atoms with Gasteiger partial charge < -0.3 is 14.2 Å². The van der Waals surface area contributed by atoms with Crippen LogP contribution in [0.2, 0.25) is 0 Å². The van der Waals surface area contributed by atoms with Crippen LogP contribution in [0.25, 0.3) is 22.0 Å². The summed E-state index contributed by atoms with van der Waals surface area (Å²) in [5.74, 6) is 1.99. The summed E-state index contributed by atoms with van der Waals surface area (Å²) in [6.45, 7) is 0. The van der Waals surface area contributed by atoms with Crippen molar-refractivity contribution in [3.63, 3.8) is 0 Å². The van der Waals surface area contributed by atoms with E-state index in [9.17, 15) is 5.26 Å². The van der Waals surface area contributed by atoms with E-state index < -0.39 is 0 Å². The molecule has 0 saturated heterocycles. The average molecular weight is 558 g/mol. The van der Waals surface area contributed by atoms with Gasteiger partial charge in [0, 0.05) is 18.4 Å². The Morgan fingerprint density at radius 3 is 2.31 bits per heavy atom. The van der Waals surface area contributed by atoms with Gasteiger partial charge in [0.15, 0.2) is 16.7 Å². The maximum atomic E-state index is 10.2. The fraction of sp³-hybridized carbons (Fsp3) is 0.185. The molecule has 0 N–H and O–H groups in total. The Morgan fingerprint density at radius 2 is 1.67 bits per heavy atom. The number of nitrogens with zero attached hydrogens (tertiary/aromatic N) is 7. The number of nitriles is 1. The summed E-state index contributed by atoms with van der Waals surface area (Å²) in [6, 6.07) is 20.4. The molecule has 0 spiro atoms. The number of ether oxygens (including phenoxy) is 3. The van der Waals surface area contributed by atoms with Crippen LogP contribution in [0, 0.1) is 11.3 Å². The molecule has 10 nitrogen and oxygen atoms in total. The normalized spacial score (nSPS) is 10.8. The molecule has 0 aliphatic heterocycles. The molecule has 0 fully saturated rings. The van der Waals surface area contributed by atoms with Gasteiger partial charge in [-0.1, -0.05) is 54.2 Å². The SMILES string of the molecule is COc1cc(-c2nc(SCc3ccc4ccccc4c3)nc(Sc3nnnn3C)c2C#N)cc(OC)c1OC. The topological polar surface area (TPSA) is 121 Å². The number of aryl methyl sites for hydroxylation is 1. The molecule has 2 heterocycles. The molecule has 0 unspecified atom stereocenters. The first kappa shape index (κ1) is 26.3. The van der Waals surface area contributed by atoms with Crippen LogP contribution in [-0.4, -0.2) is 51.5 Å². The molecule has 0 amide bonds. The van der Waals surface area contributed by atoms with Crippen LogP contribution in [0.4, 0.5) is 0 Å². The molecule has 39 heavy (non-hydrogen) atoms. The Bertz CT molecular complexity index is 1680. The van der Waals surface area contributed by atoms with Gasteiger partial charge >= 0.3 is 0 Å². The molecule has 196 valence electrons. The van der Waals surface area contributed by atoms with Gasteiger partial charge in [0.1, 0.15) is 16.7 Å². The highest BCUT2D eigenvalue weighted by atomic mass is 32.2. The lowest BCUT2D eigenvalue weighted by molar-refractivity contribution is 0.324. The summed E-state index contributed by atoms with van der Waals surface area (Å²) in [6.07, 6.45) is 0. The summed E-state index contributed by atoms with van der Waals surface area (Å²) >= 11 is 2.68. The predicted octanol–water partition coefficient (Wildman–Crippen LogP) is 5.16. The van der Waals surface area contributed by atoms with E-state index in [1.165, 1.54) is 46.1 Å². The predicted molar refractivity (Wildman–Crippen MR) is 148 cm³/mol. The summed E-state index contributed by atoms with van der Waals surface area (Å²) in [4.78, 5) is 9.55. The van der Waals surface area contributed by atoms with Crippen LogP contribution in [0.3, 0.4) is 0 Å². The zero-order chi connectivity index (χ0) is 27.4. The number of fused-ring (bicyclic) bond motifs is 1. The van der Waals surface area contributed by atoms with Gasteiger partial charge in [-0.3, -0.25) is 0 Å². The molecule has 0 bridgehead atoms. The van der Waals surface area contributed by atoms with Crippen molar-refractivity contribution in [1.29, 1.82) is 5.26 Å². The summed E-state index contributed by atoms with van der Waals surface area (Å²) in [7, 11) is 6.35. The van der Waals surface area contributed by atoms with Crippen molar-refractivity contribution in [2.75, 3.05) is 21.3 Å². The zero-order valence-electron chi connectivity index (χ0n) is 21.6. The smallest absolute Gasteiger partial charge is 0.215 e. The summed E-state index contributed by atoms with van der Waals surface area (Å²) < 4.78 is 18.1. The minimum Gasteiger partial charge on any atom is -0.493 e. The lowest BCUT2D eigenvalue weighted by atomic mass is 10.1. The second-order valence-corrected chi connectivity index (χ2v) is 10.1. The van der Waals surface area contributed by atoms with E-state index in [1.54, 1.807) is 33.4 Å². The van der Waals surface area contributed by atoms with Gasteiger partial charge in [0.25, 0.3) is 0 Å². The molecule has 0 radical (unpaired) electrons. The van der Waals surface area contributed by atoms with Crippen molar-refractivity contribution < 1.29 is 14.2 Å². The van der Waals surface area contributed by atoms with Crippen LogP contribution in [0.1, 0.15) is 11.1 Å². The first-order chi connectivity index (χ1) is 19.0. The van der Waals surface area contributed by atoms with E-state index >= 15 is 0 Å². The maximum Gasteiger partial charge on any atom is 0.215 e. The van der Waals surface area contributed by atoms with E-state index in [-0.39, 0.29) is 5.56 Å². The lowest BCUT2D eigenvalue weighted by Gasteiger charge is -2.15. The van der Waals surface area contributed by atoms with Gasteiger partial charge in [0.05, 0.1) is 27.0 Å². The van der Waals surface area contributed by atoms with Crippen molar-refractivity contribution in [2.24, 2.45) is 7.05 Å². The van der Waals surface area contributed by atoms with Crippen molar-refractivity contribution in [1.82, 2.24) is 30.2 Å². The highest BCUT2D eigenvalue weighted by Crippen LogP contribution is 2.43. The summed E-state index contributed by atoms with van der Waals surface area (Å²) in [5, 5.41) is 25.6. The first-order valence-corrected chi connectivity index (χ1v) is 13.5. The Morgan fingerprint density at radius 1 is 0.923 bits per heavy atom. The second-order valence-electron chi connectivity index (χ2n) is 8.22. The van der Waals surface area contributed by atoms with Gasteiger partial charge in [-0.05, 0) is 50.7 Å². The van der Waals surface area contributed by atoms with Gasteiger partial charge in [-0.2, -0.15) is 5.26 Å². The molecular formula is C27H23N7O3S2. The Balaban J connectivity index is 1.60. The number of benzene rings is 3. The number of aromatic nitrogens is 6. The summed E-state index contributed by atoms with van der Waals surface area (Å²) in [5.41, 5.74) is 2.47. The number of thioether (sulfide) groups is 1. The minimum absolute atomic E-state index is 0.285. The molecule has 0 aliphatic rings. The van der Waals surface area contributed by atoms with Crippen molar-refractivity contribution >= 4 is 34.3 Å². The molecule has 0 saturated carbocycles. The Kier molecular flexibility index (Phi) is 7.81. The van der Waals surface area contributed by atoms with Crippen molar-refractivity contribution in [2.45, 2.75) is 21.1 Å². The number of methoxy groups -OCH3 is 3. The van der Waals surface area contributed by atoms with E-state index in [4.69, 9.17) is 24.2 Å². The number of rotatable bonds is 9. The molecule has 5 rings (SSSR count). The van der Waals surface area contributed by atoms with Crippen LogP contribution < -0.4 is 14.2 Å². The van der Waals surface area contributed by atoms with Crippen LogP contribution in [0.5, 0.6) is 17.2 Å².